The molecule has 2 nitrogen and oxygen atoms in total. The van der Waals surface area contributed by atoms with E-state index in [1.54, 1.807) is 0 Å². The molecule has 2 rings (SSSR count). The zero-order chi connectivity index (χ0) is 14.4. The number of halogens is 5. The lowest BCUT2D eigenvalue weighted by molar-refractivity contribution is -0.143. The fourth-order valence-electron chi connectivity index (χ4n) is 2.03. The van der Waals surface area contributed by atoms with E-state index < -0.39 is 34.8 Å². The number of methoxy groups -OCH3 is 1. The number of esters is 1. The fourth-order valence-corrected chi connectivity index (χ4v) is 2.03. The number of rotatable bonds is 2. The van der Waals surface area contributed by atoms with Crippen LogP contribution in [0.4, 0.5) is 22.0 Å². The van der Waals surface area contributed by atoms with E-state index in [1.807, 2.05) is 0 Å². The third-order valence-electron chi connectivity index (χ3n) is 3.20. The molecule has 0 bridgehead atoms. The van der Waals surface area contributed by atoms with Crippen molar-refractivity contribution in [3.05, 3.63) is 34.9 Å². The quantitative estimate of drug-likeness (QED) is 0.614. The number of ether oxygens (including phenoxy) is 1. The molecule has 1 aromatic rings. The van der Waals surface area contributed by atoms with E-state index in [1.165, 1.54) is 0 Å². The normalized spacial score (nSPS) is 17.2. The molecule has 1 fully saturated rings. The maximum atomic E-state index is 13.7. The van der Waals surface area contributed by atoms with Crippen molar-refractivity contribution >= 4 is 5.97 Å². The van der Waals surface area contributed by atoms with Crippen LogP contribution in [0.25, 0.3) is 0 Å². The van der Waals surface area contributed by atoms with E-state index in [0.29, 0.717) is 6.07 Å². The van der Waals surface area contributed by atoms with Crippen LogP contribution >= 0.6 is 0 Å². The minimum atomic E-state index is -4.98. The Balaban J connectivity index is 2.51. The van der Waals surface area contributed by atoms with Gasteiger partial charge < -0.3 is 4.74 Å². The summed E-state index contributed by atoms with van der Waals surface area (Å²) in [6.45, 7) is 0. The Hall–Kier alpha value is -1.66. The molecule has 0 N–H and O–H groups in total. The predicted molar refractivity (Wildman–Crippen MR) is 54.3 cm³/mol. The van der Waals surface area contributed by atoms with Crippen LogP contribution in [-0.4, -0.2) is 13.1 Å². The molecular formula is C12H9F5O2. The van der Waals surface area contributed by atoms with E-state index in [0.717, 1.165) is 7.11 Å². The zero-order valence-corrected chi connectivity index (χ0v) is 9.78. The summed E-state index contributed by atoms with van der Waals surface area (Å²) in [6.07, 6.45) is -4.53. The monoisotopic (exact) mass is 280 g/mol. The van der Waals surface area contributed by atoms with Gasteiger partial charge >= 0.3 is 12.1 Å². The van der Waals surface area contributed by atoms with E-state index in [9.17, 15) is 26.7 Å². The summed E-state index contributed by atoms with van der Waals surface area (Å²) in [5, 5.41) is 0. The van der Waals surface area contributed by atoms with E-state index in [4.69, 9.17) is 0 Å². The van der Waals surface area contributed by atoms with Crippen LogP contribution < -0.4 is 0 Å². The molecule has 1 aliphatic rings. The molecule has 7 heteroatoms. The first kappa shape index (κ1) is 13.8. The summed E-state index contributed by atoms with van der Waals surface area (Å²) in [5.74, 6) is -3.62. The van der Waals surface area contributed by atoms with Gasteiger partial charge in [-0.05, 0) is 25.0 Å². The van der Waals surface area contributed by atoms with Gasteiger partial charge in [-0.15, -0.1) is 0 Å². The molecule has 19 heavy (non-hydrogen) atoms. The Morgan fingerprint density at radius 3 is 2.21 bits per heavy atom. The van der Waals surface area contributed by atoms with Crippen LogP contribution in [0.1, 0.15) is 24.0 Å². The summed E-state index contributed by atoms with van der Waals surface area (Å²) in [6, 6.07) is 0.510. The highest BCUT2D eigenvalue weighted by Gasteiger charge is 2.54. The Bertz CT molecular complexity index is 532. The highest BCUT2D eigenvalue weighted by Crippen LogP contribution is 2.50. The highest BCUT2D eigenvalue weighted by atomic mass is 19.4. The SMILES string of the molecule is COC(=O)C1(c2cc(F)c(C(F)(F)F)cc2F)CC1. The first-order chi connectivity index (χ1) is 8.72. The van der Waals surface area contributed by atoms with Gasteiger partial charge in [-0.3, -0.25) is 4.79 Å². The van der Waals surface area contributed by atoms with Crippen molar-refractivity contribution in [2.45, 2.75) is 24.4 Å². The lowest BCUT2D eigenvalue weighted by atomic mass is 9.94. The molecule has 0 saturated heterocycles. The standard InChI is InChI=1S/C12H9F5O2/c1-19-10(18)11(2-3-11)6-4-9(14)7(5-8(6)13)12(15,16)17/h4-5H,2-3H2,1H3. The molecule has 0 radical (unpaired) electrons. The largest absolute Gasteiger partial charge is 0.468 e. The maximum Gasteiger partial charge on any atom is 0.419 e. The molecule has 0 amide bonds. The van der Waals surface area contributed by atoms with Gasteiger partial charge in [0, 0.05) is 5.56 Å². The molecule has 0 aromatic heterocycles. The maximum absolute atomic E-state index is 13.7. The number of benzene rings is 1. The molecule has 0 atom stereocenters. The summed E-state index contributed by atoms with van der Waals surface area (Å²) in [4.78, 5) is 11.5. The van der Waals surface area contributed by atoms with Gasteiger partial charge in [-0.2, -0.15) is 13.2 Å². The van der Waals surface area contributed by atoms with Crippen molar-refractivity contribution in [3.63, 3.8) is 0 Å². The van der Waals surface area contributed by atoms with Gasteiger partial charge in [0.1, 0.15) is 11.6 Å². The van der Waals surface area contributed by atoms with Gasteiger partial charge in [0.15, 0.2) is 0 Å². The molecule has 1 aliphatic carbocycles. The third kappa shape index (κ3) is 2.17. The van der Waals surface area contributed by atoms with E-state index >= 15 is 0 Å². The van der Waals surface area contributed by atoms with Crippen molar-refractivity contribution in [1.82, 2.24) is 0 Å². The second kappa shape index (κ2) is 4.18. The first-order valence-corrected chi connectivity index (χ1v) is 5.37. The van der Waals surface area contributed by atoms with Crippen LogP contribution in [0.3, 0.4) is 0 Å². The van der Waals surface area contributed by atoms with Crippen molar-refractivity contribution < 1.29 is 31.5 Å². The molecule has 1 saturated carbocycles. The van der Waals surface area contributed by atoms with Crippen molar-refractivity contribution in [1.29, 1.82) is 0 Å². The summed E-state index contributed by atoms with van der Waals surface area (Å²) in [7, 11) is 1.08. The van der Waals surface area contributed by atoms with Crippen LogP contribution in [0.15, 0.2) is 12.1 Å². The van der Waals surface area contributed by atoms with Gasteiger partial charge in [-0.1, -0.05) is 0 Å². The van der Waals surface area contributed by atoms with E-state index in [-0.39, 0.29) is 24.5 Å². The summed E-state index contributed by atoms with van der Waals surface area (Å²) in [5.41, 5.74) is -3.41. The Morgan fingerprint density at radius 2 is 1.79 bits per heavy atom. The van der Waals surface area contributed by atoms with Crippen molar-refractivity contribution in [2.75, 3.05) is 7.11 Å². The average Bonchev–Trinajstić information content (AvgIpc) is 3.10. The number of carbonyl (C=O) groups excluding carboxylic acids is 1. The molecule has 1 aromatic carbocycles. The molecule has 104 valence electrons. The second-order valence-electron chi connectivity index (χ2n) is 4.38. The van der Waals surface area contributed by atoms with Crippen LogP contribution in [0, 0.1) is 11.6 Å². The smallest absolute Gasteiger partial charge is 0.419 e. The molecule has 0 spiro atoms. The Morgan fingerprint density at radius 1 is 1.21 bits per heavy atom. The molecular weight excluding hydrogens is 271 g/mol. The number of carbonyl (C=O) groups is 1. The van der Waals surface area contributed by atoms with Gasteiger partial charge in [0.2, 0.25) is 0 Å². The third-order valence-corrected chi connectivity index (χ3v) is 3.20. The molecule has 0 heterocycles. The van der Waals surface area contributed by atoms with Crippen molar-refractivity contribution in [2.24, 2.45) is 0 Å². The van der Waals surface area contributed by atoms with Crippen LogP contribution in [-0.2, 0) is 21.1 Å². The molecule has 0 unspecified atom stereocenters. The lowest BCUT2D eigenvalue weighted by Gasteiger charge is -2.16. The van der Waals surface area contributed by atoms with E-state index in [2.05, 4.69) is 4.74 Å². The van der Waals surface area contributed by atoms with Gasteiger partial charge in [0.25, 0.3) is 0 Å². The van der Waals surface area contributed by atoms with Gasteiger partial charge in [0.05, 0.1) is 18.1 Å². The zero-order valence-electron chi connectivity index (χ0n) is 9.78. The second-order valence-corrected chi connectivity index (χ2v) is 4.38. The van der Waals surface area contributed by atoms with Crippen molar-refractivity contribution in [3.8, 4) is 0 Å². The fraction of sp³-hybridized carbons (Fsp3) is 0.417. The Kier molecular flexibility index (Phi) is 3.03. The van der Waals surface area contributed by atoms with Crippen LogP contribution in [0.5, 0.6) is 0 Å². The molecule has 0 aliphatic heterocycles. The first-order valence-electron chi connectivity index (χ1n) is 5.37. The minimum Gasteiger partial charge on any atom is -0.468 e. The van der Waals surface area contributed by atoms with Crippen LogP contribution in [0.2, 0.25) is 0 Å². The van der Waals surface area contributed by atoms with Gasteiger partial charge in [-0.25, -0.2) is 8.78 Å². The topological polar surface area (TPSA) is 26.3 Å². The predicted octanol–water partition coefficient (Wildman–Crippen LogP) is 3.19. The number of hydrogen-bond donors (Lipinski definition) is 0. The number of hydrogen-bond acceptors (Lipinski definition) is 2. The highest BCUT2D eigenvalue weighted by molar-refractivity contribution is 5.86. The Labute approximate surface area is 105 Å². The number of alkyl halides is 3. The summed E-state index contributed by atoms with van der Waals surface area (Å²) >= 11 is 0. The average molecular weight is 280 g/mol. The summed E-state index contributed by atoms with van der Waals surface area (Å²) < 4.78 is 68.8. The lowest BCUT2D eigenvalue weighted by Crippen LogP contribution is -2.24. The minimum absolute atomic E-state index is 0.0771.